The lowest BCUT2D eigenvalue weighted by Gasteiger charge is -2.30. The summed E-state index contributed by atoms with van der Waals surface area (Å²) in [5, 5.41) is 6.67. The van der Waals surface area contributed by atoms with Crippen molar-refractivity contribution in [3.63, 3.8) is 0 Å². The molecule has 0 spiro atoms. The average molecular weight is 641 g/mol. The smallest absolute Gasteiger partial charge is 0.250 e. The maximum atomic E-state index is 14.2. The van der Waals surface area contributed by atoms with Crippen molar-refractivity contribution in [2.45, 2.75) is 58.3 Å². The van der Waals surface area contributed by atoms with Gasteiger partial charge in [-0.15, -0.1) is 0 Å². The Morgan fingerprint density at radius 2 is 1.68 bits per heavy atom. The predicted octanol–water partition coefficient (Wildman–Crippen LogP) is 5.49. The molecule has 1 saturated heterocycles. The highest BCUT2D eigenvalue weighted by atomic mass is 17.2. The number of ether oxygens (including phenoxy) is 1. The third kappa shape index (κ3) is 8.45. The van der Waals surface area contributed by atoms with Crippen molar-refractivity contribution in [1.82, 2.24) is 14.8 Å². The molecular weight excluding hydrogens is 596 g/mol. The Morgan fingerprint density at radius 1 is 0.957 bits per heavy atom. The molecule has 0 aliphatic carbocycles. The van der Waals surface area contributed by atoms with Crippen LogP contribution in [0.3, 0.4) is 0 Å². The Bertz CT molecular complexity index is 1650. The molecule has 47 heavy (non-hydrogen) atoms. The Labute approximate surface area is 275 Å². The van der Waals surface area contributed by atoms with E-state index in [0.29, 0.717) is 25.4 Å². The zero-order valence-corrected chi connectivity index (χ0v) is 27.5. The normalized spacial score (nSPS) is 16.2. The monoisotopic (exact) mass is 640 g/mol. The Hall–Kier alpha value is -4.51. The van der Waals surface area contributed by atoms with Crippen molar-refractivity contribution < 1.29 is 28.9 Å². The Morgan fingerprint density at radius 3 is 2.38 bits per heavy atom. The second kappa shape index (κ2) is 15.4. The van der Waals surface area contributed by atoms with Crippen LogP contribution in [-0.4, -0.2) is 66.1 Å². The number of hydrogen-bond acceptors (Lipinski definition) is 6. The highest BCUT2D eigenvalue weighted by molar-refractivity contribution is 5.99. The molecule has 0 bridgehead atoms. The topological polar surface area (TPSA) is 111 Å². The van der Waals surface area contributed by atoms with E-state index < -0.39 is 17.5 Å². The van der Waals surface area contributed by atoms with Gasteiger partial charge in [0.2, 0.25) is 11.8 Å². The van der Waals surface area contributed by atoms with Crippen LogP contribution < -0.4 is 10.6 Å². The van der Waals surface area contributed by atoms with Gasteiger partial charge in [-0.3, -0.25) is 14.4 Å². The summed E-state index contributed by atoms with van der Waals surface area (Å²) in [6.45, 7) is 6.68. The van der Waals surface area contributed by atoms with Crippen molar-refractivity contribution in [1.29, 1.82) is 0 Å². The highest BCUT2D eigenvalue weighted by Crippen LogP contribution is 2.31. The van der Waals surface area contributed by atoms with Gasteiger partial charge in [-0.1, -0.05) is 81.4 Å². The maximum Gasteiger partial charge on any atom is 0.250 e. The molecule has 1 aromatic heterocycles. The molecule has 10 heteroatoms. The first-order valence-corrected chi connectivity index (χ1v) is 16.0. The summed E-state index contributed by atoms with van der Waals surface area (Å²) in [6, 6.07) is 25.3. The van der Waals surface area contributed by atoms with E-state index in [0.717, 1.165) is 34.9 Å². The number of nitrogens with zero attached hydrogens (tertiary/aromatic N) is 2. The van der Waals surface area contributed by atoms with Crippen LogP contribution in [0.2, 0.25) is 0 Å². The van der Waals surface area contributed by atoms with Gasteiger partial charge in [0, 0.05) is 34.7 Å². The number of carbonyl (C=O) groups excluding carboxylic acids is 3. The SMILES string of the molecule is COOCC1CCCN1C(=O)C(c1ccccc1)n1ccc2cc(NC(=O)C(COCc3ccccc3)NC(=O)C(C)(C)C)ccc21. The summed E-state index contributed by atoms with van der Waals surface area (Å²) in [7, 11) is 1.47. The van der Waals surface area contributed by atoms with E-state index in [-0.39, 0.29) is 30.4 Å². The molecule has 3 aromatic carbocycles. The van der Waals surface area contributed by atoms with E-state index in [1.807, 2.05) is 101 Å². The minimum absolute atomic E-state index is 0.00888. The molecule has 4 aromatic rings. The number of likely N-dealkylation sites (tertiary alicyclic amines) is 1. The van der Waals surface area contributed by atoms with Gasteiger partial charge < -0.3 is 24.8 Å². The third-order valence-electron chi connectivity index (χ3n) is 8.35. The van der Waals surface area contributed by atoms with Crippen molar-refractivity contribution in [2.24, 2.45) is 5.41 Å². The van der Waals surface area contributed by atoms with Gasteiger partial charge in [0.25, 0.3) is 5.91 Å². The maximum absolute atomic E-state index is 14.2. The lowest BCUT2D eigenvalue weighted by atomic mass is 9.95. The zero-order chi connectivity index (χ0) is 33.4. The molecule has 0 saturated carbocycles. The molecular formula is C37H44N4O6. The van der Waals surface area contributed by atoms with Crippen LogP contribution in [0.4, 0.5) is 5.69 Å². The van der Waals surface area contributed by atoms with E-state index in [4.69, 9.17) is 14.5 Å². The number of amides is 3. The van der Waals surface area contributed by atoms with Gasteiger partial charge in [-0.25, -0.2) is 9.78 Å². The van der Waals surface area contributed by atoms with Gasteiger partial charge >= 0.3 is 0 Å². The van der Waals surface area contributed by atoms with E-state index in [1.165, 1.54) is 7.11 Å². The van der Waals surface area contributed by atoms with Gasteiger partial charge in [0.05, 0.1) is 26.4 Å². The quantitative estimate of drug-likeness (QED) is 0.148. The van der Waals surface area contributed by atoms with Crippen molar-refractivity contribution in [3.05, 3.63) is 102 Å². The first-order valence-electron chi connectivity index (χ1n) is 16.0. The standard InChI is InChI=1S/C37H44N4O6/c1-37(2,3)36(44)39-31(25-46-23-26-12-7-5-8-13-26)34(42)38-29-17-18-32-28(22-29)19-21-41(32)33(27-14-9-6-10-15-27)35(43)40-20-11-16-30(40)24-47-45-4/h5-10,12-15,17-19,21-22,30-31,33H,11,16,20,23-25H2,1-4H3,(H,38,42)(H,39,44). The lowest BCUT2D eigenvalue weighted by molar-refractivity contribution is -0.278. The molecule has 1 aliphatic rings. The van der Waals surface area contributed by atoms with Crippen molar-refractivity contribution in [2.75, 3.05) is 32.2 Å². The molecule has 0 radical (unpaired) electrons. The van der Waals surface area contributed by atoms with E-state index >= 15 is 0 Å². The lowest BCUT2D eigenvalue weighted by Crippen LogP contribution is -2.50. The van der Waals surface area contributed by atoms with Crippen LogP contribution in [0.5, 0.6) is 0 Å². The summed E-state index contributed by atoms with van der Waals surface area (Å²) in [6.07, 6.45) is 3.65. The van der Waals surface area contributed by atoms with Gasteiger partial charge in [0.1, 0.15) is 18.7 Å². The molecule has 3 unspecified atom stereocenters. The minimum Gasteiger partial charge on any atom is -0.374 e. The van der Waals surface area contributed by atoms with Crippen LogP contribution in [0, 0.1) is 5.41 Å². The Kier molecular flexibility index (Phi) is 11.1. The summed E-state index contributed by atoms with van der Waals surface area (Å²) < 4.78 is 7.84. The van der Waals surface area contributed by atoms with Crippen LogP contribution >= 0.6 is 0 Å². The van der Waals surface area contributed by atoms with Gasteiger partial charge in [0.15, 0.2) is 0 Å². The number of anilines is 1. The molecule has 10 nitrogen and oxygen atoms in total. The fraction of sp³-hybridized carbons (Fsp3) is 0.378. The van der Waals surface area contributed by atoms with E-state index in [2.05, 4.69) is 10.6 Å². The molecule has 2 heterocycles. The van der Waals surface area contributed by atoms with Crippen LogP contribution in [0.25, 0.3) is 10.9 Å². The van der Waals surface area contributed by atoms with Crippen LogP contribution in [-0.2, 0) is 35.5 Å². The molecule has 248 valence electrons. The number of aromatic nitrogens is 1. The summed E-state index contributed by atoms with van der Waals surface area (Å²) >= 11 is 0. The van der Waals surface area contributed by atoms with Gasteiger partial charge in [-0.2, -0.15) is 0 Å². The second-order valence-corrected chi connectivity index (χ2v) is 12.9. The average Bonchev–Trinajstić information content (AvgIpc) is 3.71. The molecule has 5 rings (SSSR count). The summed E-state index contributed by atoms with van der Waals surface area (Å²) in [5.41, 5.74) is 2.58. The molecule has 2 N–H and O–H groups in total. The number of carbonyl (C=O) groups is 3. The highest BCUT2D eigenvalue weighted by Gasteiger charge is 2.35. The summed E-state index contributed by atoms with van der Waals surface area (Å²) in [5.74, 6) is -0.648. The number of nitrogens with one attached hydrogen (secondary N) is 2. The summed E-state index contributed by atoms with van der Waals surface area (Å²) in [4.78, 5) is 52.5. The van der Waals surface area contributed by atoms with E-state index in [9.17, 15) is 14.4 Å². The fourth-order valence-electron chi connectivity index (χ4n) is 5.78. The first kappa shape index (κ1) is 33.8. The van der Waals surface area contributed by atoms with E-state index in [1.54, 1.807) is 20.8 Å². The fourth-order valence-corrected chi connectivity index (χ4v) is 5.78. The predicted molar refractivity (Wildman–Crippen MR) is 180 cm³/mol. The Balaban J connectivity index is 1.36. The zero-order valence-electron chi connectivity index (χ0n) is 27.5. The first-order chi connectivity index (χ1) is 22.7. The third-order valence-corrected chi connectivity index (χ3v) is 8.35. The molecule has 3 amide bonds. The van der Waals surface area contributed by atoms with Crippen LogP contribution in [0.15, 0.2) is 91.1 Å². The minimum atomic E-state index is -0.902. The number of fused-ring (bicyclic) bond motifs is 1. The number of benzene rings is 3. The number of hydrogen-bond donors (Lipinski definition) is 2. The molecule has 3 atom stereocenters. The molecule has 1 aliphatic heterocycles. The second-order valence-electron chi connectivity index (χ2n) is 12.9. The number of rotatable bonds is 13. The van der Waals surface area contributed by atoms with Gasteiger partial charge in [-0.05, 0) is 48.2 Å². The molecule has 1 fully saturated rings. The van der Waals surface area contributed by atoms with Crippen LogP contribution in [0.1, 0.15) is 50.8 Å². The van der Waals surface area contributed by atoms with Crippen molar-refractivity contribution in [3.8, 4) is 0 Å². The van der Waals surface area contributed by atoms with Crippen molar-refractivity contribution >= 4 is 34.3 Å². The largest absolute Gasteiger partial charge is 0.374 e.